The van der Waals surface area contributed by atoms with Crippen molar-refractivity contribution in [2.45, 2.75) is 29.1 Å². The van der Waals surface area contributed by atoms with E-state index in [1.54, 1.807) is 54.6 Å². The molecule has 1 aliphatic heterocycles. The van der Waals surface area contributed by atoms with Crippen molar-refractivity contribution in [2.24, 2.45) is 0 Å². The maximum Gasteiger partial charge on any atom is 0.264 e. The van der Waals surface area contributed by atoms with Crippen LogP contribution < -0.4 is 14.4 Å². The molecule has 0 saturated carbocycles. The number of benzene rings is 3. The molecule has 1 heterocycles. The Labute approximate surface area is 238 Å². The standard InChI is InChI=1S/C27H30BrN3O6S2/c28-22-9-11-23(12-10-22)31(39(35,36)25-7-3-1-4-8-25)21-27(32)29-17-20-37-24-13-15-26(16-14-24)38(33,34)30-18-5-2-6-19-30/h1,3-4,7-16H,2,5-6,17-21H2,(H,29,32). The summed E-state index contributed by atoms with van der Waals surface area (Å²) in [5, 5.41) is 2.68. The second-order valence-corrected chi connectivity index (χ2v) is 13.7. The SMILES string of the molecule is O=C(CN(c1ccc(Br)cc1)S(=O)(=O)c1ccccc1)NCCOc1ccc(S(=O)(=O)N2CCCCC2)cc1. The highest BCUT2D eigenvalue weighted by Crippen LogP contribution is 2.25. The molecule has 1 amide bonds. The highest BCUT2D eigenvalue weighted by molar-refractivity contribution is 9.10. The monoisotopic (exact) mass is 635 g/mol. The van der Waals surface area contributed by atoms with Crippen LogP contribution in [0.5, 0.6) is 5.75 Å². The summed E-state index contributed by atoms with van der Waals surface area (Å²) >= 11 is 3.34. The average Bonchev–Trinajstić information content (AvgIpc) is 2.96. The van der Waals surface area contributed by atoms with E-state index in [0.29, 0.717) is 24.5 Å². The minimum atomic E-state index is -3.99. The second kappa shape index (κ2) is 12.9. The van der Waals surface area contributed by atoms with Gasteiger partial charge < -0.3 is 10.1 Å². The van der Waals surface area contributed by atoms with Crippen LogP contribution in [-0.2, 0) is 24.8 Å². The van der Waals surface area contributed by atoms with Crippen molar-refractivity contribution in [3.63, 3.8) is 0 Å². The number of rotatable bonds is 11. The van der Waals surface area contributed by atoms with E-state index in [2.05, 4.69) is 21.2 Å². The zero-order valence-corrected chi connectivity index (χ0v) is 24.4. The average molecular weight is 637 g/mol. The summed E-state index contributed by atoms with van der Waals surface area (Å²) < 4.78 is 61.2. The van der Waals surface area contributed by atoms with Gasteiger partial charge in [-0.2, -0.15) is 4.31 Å². The number of ether oxygens (including phenoxy) is 1. The molecule has 1 aliphatic rings. The quantitative estimate of drug-likeness (QED) is 0.319. The van der Waals surface area contributed by atoms with Gasteiger partial charge in [0.1, 0.15) is 18.9 Å². The number of anilines is 1. The van der Waals surface area contributed by atoms with E-state index in [9.17, 15) is 21.6 Å². The first kappa shape index (κ1) is 29.1. The summed E-state index contributed by atoms with van der Waals surface area (Å²) in [6.45, 7) is 0.903. The highest BCUT2D eigenvalue weighted by atomic mass is 79.9. The van der Waals surface area contributed by atoms with Gasteiger partial charge in [0.05, 0.1) is 22.0 Å². The lowest BCUT2D eigenvalue weighted by Gasteiger charge is -2.25. The minimum absolute atomic E-state index is 0.0785. The second-order valence-electron chi connectivity index (χ2n) is 8.94. The molecule has 0 spiro atoms. The van der Waals surface area contributed by atoms with E-state index in [0.717, 1.165) is 28.0 Å². The molecule has 0 aliphatic carbocycles. The molecule has 3 aromatic carbocycles. The van der Waals surface area contributed by atoms with Gasteiger partial charge in [-0.05, 0) is 73.5 Å². The first-order chi connectivity index (χ1) is 18.7. The van der Waals surface area contributed by atoms with Crippen molar-refractivity contribution in [2.75, 3.05) is 37.1 Å². The van der Waals surface area contributed by atoms with Gasteiger partial charge >= 0.3 is 0 Å². The third-order valence-electron chi connectivity index (χ3n) is 6.20. The van der Waals surface area contributed by atoms with Crippen LogP contribution in [0.2, 0.25) is 0 Å². The number of carbonyl (C=O) groups is 1. The summed E-state index contributed by atoms with van der Waals surface area (Å²) in [5.41, 5.74) is 0.355. The van der Waals surface area contributed by atoms with Gasteiger partial charge in [0.2, 0.25) is 15.9 Å². The van der Waals surface area contributed by atoms with E-state index in [1.807, 2.05) is 0 Å². The summed E-state index contributed by atoms with van der Waals surface area (Å²) in [7, 11) is -7.51. The van der Waals surface area contributed by atoms with E-state index in [4.69, 9.17) is 4.74 Å². The molecule has 4 rings (SSSR count). The zero-order chi connectivity index (χ0) is 27.9. The molecular weight excluding hydrogens is 606 g/mol. The number of amides is 1. The van der Waals surface area contributed by atoms with Crippen molar-refractivity contribution in [3.05, 3.63) is 83.3 Å². The first-order valence-electron chi connectivity index (χ1n) is 12.5. The molecule has 1 saturated heterocycles. The summed E-state index contributed by atoms with van der Waals surface area (Å²) in [5.74, 6) is -0.0333. The van der Waals surface area contributed by atoms with E-state index < -0.39 is 32.5 Å². The topological polar surface area (TPSA) is 113 Å². The van der Waals surface area contributed by atoms with E-state index in [-0.39, 0.29) is 22.9 Å². The number of piperidine rings is 1. The Morgan fingerprint density at radius 1 is 0.846 bits per heavy atom. The lowest BCUT2D eigenvalue weighted by Crippen LogP contribution is -2.41. The van der Waals surface area contributed by atoms with Crippen LogP contribution in [-0.4, -0.2) is 59.8 Å². The van der Waals surface area contributed by atoms with E-state index in [1.165, 1.54) is 28.6 Å². The number of nitrogens with zero attached hydrogens (tertiary/aromatic N) is 2. The zero-order valence-electron chi connectivity index (χ0n) is 21.2. The number of hydrogen-bond donors (Lipinski definition) is 1. The molecule has 0 bridgehead atoms. The van der Waals surface area contributed by atoms with Crippen molar-refractivity contribution in [1.82, 2.24) is 9.62 Å². The molecule has 0 unspecified atom stereocenters. The lowest BCUT2D eigenvalue weighted by molar-refractivity contribution is -0.119. The molecule has 0 radical (unpaired) electrons. The summed E-state index contributed by atoms with van der Waals surface area (Å²) in [6, 6.07) is 20.8. The first-order valence-corrected chi connectivity index (χ1v) is 16.2. The predicted molar refractivity (Wildman–Crippen MR) is 153 cm³/mol. The predicted octanol–water partition coefficient (Wildman–Crippen LogP) is 4.01. The normalized spacial score (nSPS) is 14.5. The van der Waals surface area contributed by atoms with Crippen LogP contribution in [0.3, 0.4) is 0 Å². The van der Waals surface area contributed by atoms with Gasteiger partial charge in [-0.1, -0.05) is 40.5 Å². The molecule has 1 N–H and O–H groups in total. The number of sulfonamides is 2. The Morgan fingerprint density at radius 2 is 1.49 bits per heavy atom. The Morgan fingerprint density at radius 3 is 2.13 bits per heavy atom. The van der Waals surface area contributed by atoms with Crippen LogP contribution in [0.25, 0.3) is 0 Å². The maximum atomic E-state index is 13.3. The molecule has 9 nitrogen and oxygen atoms in total. The molecule has 0 atom stereocenters. The fraction of sp³-hybridized carbons (Fsp3) is 0.296. The van der Waals surface area contributed by atoms with Gasteiger partial charge in [-0.3, -0.25) is 9.10 Å². The molecule has 1 fully saturated rings. The fourth-order valence-electron chi connectivity index (χ4n) is 4.15. The van der Waals surface area contributed by atoms with Gasteiger partial charge in [0.25, 0.3) is 10.0 Å². The molecule has 12 heteroatoms. The van der Waals surface area contributed by atoms with Crippen molar-refractivity contribution in [3.8, 4) is 5.75 Å². The van der Waals surface area contributed by atoms with Crippen LogP contribution in [0.15, 0.2) is 93.1 Å². The molecule has 3 aromatic rings. The van der Waals surface area contributed by atoms with Crippen molar-refractivity contribution in [1.29, 1.82) is 0 Å². The van der Waals surface area contributed by atoms with E-state index >= 15 is 0 Å². The van der Waals surface area contributed by atoms with Crippen molar-refractivity contribution < 1.29 is 26.4 Å². The molecular formula is C27H30BrN3O6S2. The van der Waals surface area contributed by atoms with Crippen LogP contribution in [0.1, 0.15) is 19.3 Å². The summed E-state index contributed by atoms with van der Waals surface area (Å²) in [6.07, 6.45) is 2.77. The molecule has 0 aromatic heterocycles. The van der Waals surface area contributed by atoms with Crippen molar-refractivity contribution >= 4 is 47.6 Å². The number of halogens is 1. The number of nitrogens with one attached hydrogen (secondary N) is 1. The maximum absolute atomic E-state index is 13.3. The minimum Gasteiger partial charge on any atom is -0.492 e. The highest BCUT2D eigenvalue weighted by Gasteiger charge is 2.27. The fourth-order valence-corrected chi connectivity index (χ4v) is 7.37. The Bertz CT molecular complexity index is 1460. The van der Waals surface area contributed by atoms with Crippen LogP contribution >= 0.6 is 15.9 Å². The lowest BCUT2D eigenvalue weighted by atomic mass is 10.2. The molecule has 39 heavy (non-hydrogen) atoms. The largest absolute Gasteiger partial charge is 0.492 e. The number of carbonyl (C=O) groups excluding carboxylic acids is 1. The number of hydrogen-bond acceptors (Lipinski definition) is 6. The molecule has 208 valence electrons. The third kappa shape index (κ3) is 7.38. The Balaban J connectivity index is 1.33. The Kier molecular flexibility index (Phi) is 9.65. The third-order valence-corrected chi connectivity index (χ3v) is 10.4. The summed E-state index contributed by atoms with van der Waals surface area (Å²) in [4.78, 5) is 13.0. The van der Waals surface area contributed by atoms with Crippen LogP contribution in [0.4, 0.5) is 5.69 Å². The Hall–Kier alpha value is -2.93. The van der Waals surface area contributed by atoms with Gasteiger partial charge in [-0.25, -0.2) is 16.8 Å². The van der Waals surface area contributed by atoms with Gasteiger partial charge in [-0.15, -0.1) is 0 Å². The van der Waals surface area contributed by atoms with Gasteiger partial charge in [0, 0.05) is 17.6 Å². The smallest absolute Gasteiger partial charge is 0.264 e. The van der Waals surface area contributed by atoms with Gasteiger partial charge in [0.15, 0.2) is 0 Å². The van der Waals surface area contributed by atoms with Crippen LogP contribution in [0, 0.1) is 0 Å².